The number of aliphatic hydroxyl groups is 1. The summed E-state index contributed by atoms with van der Waals surface area (Å²) >= 11 is 0. The molecule has 0 bridgehead atoms. The molecule has 0 aromatic carbocycles. The highest BCUT2D eigenvalue weighted by molar-refractivity contribution is 5.86. The number of amides is 1. The third-order valence-electron chi connectivity index (χ3n) is 2.90. The minimum absolute atomic E-state index is 0.129. The third kappa shape index (κ3) is 2.71. The molecule has 2 N–H and O–H groups in total. The average molecular weight is 226 g/mol. The van der Waals surface area contributed by atoms with E-state index in [1.165, 1.54) is 7.11 Å². The van der Waals surface area contributed by atoms with E-state index in [0.29, 0.717) is 18.8 Å². The molecule has 1 saturated carbocycles. The Bertz CT molecular complexity index is 292. The highest BCUT2D eigenvalue weighted by Gasteiger charge is 2.48. The van der Waals surface area contributed by atoms with Gasteiger partial charge in [0.15, 0.2) is 0 Å². The number of nitrogens with zero attached hydrogens (tertiary/aromatic N) is 1. The van der Waals surface area contributed by atoms with Crippen LogP contribution in [0, 0.1) is 22.7 Å². The highest BCUT2D eigenvalue weighted by atomic mass is 16.5. The van der Waals surface area contributed by atoms with Gasteiger partial charge in [-0.1, -0.05) is 6.92 Å². The first-order valence-electron chi connectivity index (χ1n) is 5.40. The molecule has 1 atom stereocenters. The van der Waals surface area contributed by atoms with E-state index in [2.05, 4.69) is 11.4 Å². The number of ether oxygens (including phenoxy) is 1. The summed E-state index contributed by atoms with van der Waals surface area (Å²) in [4.78, 5) is 11.7. The zero-order chi connectivity index (χ0) is 12.2. The number of rotatable bonds is 5. The summed E-state index contributed by atoms with van der Waals surface area (Å²) in [7, 11) is 1.48. The van der Waals surface area contributed by atoms with Crippen molar-refractivity contribution in [3.63, 3.8) is 0 Å². The average Bonchev–Trinajstić information content (AvgIpc) is 2.21. The van der Waals surface area contributed by atoms with Crippen molar-refractivity contribution in [1.82, 2.24) is 5.32 Å². The maximum atomic E-state index is 11.7. The summed E-state index contributed by atoms with van der Waals surface area (Å²) in [5.74, 6) is 0.151. The van der Waals surface area contributed by atoms with Crippen LogP contribution < -0.4 is 5.32 Å². The molecule has 1 amide bonds. The molecule has 0 aliphatic heterocycles. The molecule has 0 aromatic rings. The van der Waals surface area contributed by atoms with E-state index < -0.39 is 11.5 Å². The van der Waals surface area contributed by atoms with Crippen molar-refractivity contribution in [2.24, 2.45) is 11.3 Å². The number of nitrogens with one attached hydrogen (secondary N) is 1. The standard InChI is InChI=1S/C11H18N2O3/c1-8-3-11(4-8,7-12)10(15)13-5-9(14)6-16-2/h8-9,14H,3-6H2,1-2H3,(H,13,15). The molecule has 1 unspecified atom stereocenters. The lowest BCUT2D eigenvalue weighted by molar-refractivity contribution is -0.134. The number of hydrogen-bond donors (Lipinski definition) is 2. The van der Waals surface area contributed by atoms with E-state index in [4.69, 9.17) is 10.00 Å². The zero-order valence-electron chi connectivity index (χ0n) is 9.69. The van der Waals surface area contributed by atoms with Crippen molar-refractivity contribution >= 4 is 5.91 Å². The van der Waals surface area contributed by atoms with E-state index in [0.717, 1.165) is 0 Å². The molecule has 16 heavy (non-hydrogen) atoms. The third-order valence-corrected chi connectivity index (χ3v) is 2.90. The van der Waals surface area contributed by atoms with Gasteiger partial charge in [-0.3, -0.25) is 4.79 Å². The predicted octanol–water partition coefficient (Wildman–Crippen LogP) is 0.0498. The van der Waals surface area contributed by atoms with E-state index in [1.54, 1.807) is 0 Å². The molecule has 1 aliphatic rings. The Morgan fingerprint density at radius 2 is 2.38 bits per heavy atom. The Kier molecular flexibility index (Phi) is 4.27. The smallest absolute Gasteiger partial charge is 0.240 e. The number of nitriles is 1. The first-order chi connectivity index (χ1) is 7.54. The molecule has 1 aliphatic carbocycles. The van der Waals surface area contributed by atoms with Crippen LogP contribution in [0.3, 0.4) is 0 Å². The Balaban J connectivity index is 2.38. The number of carbonyl (C=O) groups excluding carboxylic acids is 1. The molecule has 0 aromatic heterocycles. The van der Waals surface area contributed by atoms with Gasteiger partial charge >= 0.3 is 0 Å². The Labute approximate surface area is 95.4 Å². The van der Waals surface area contributed by atoms with Gasteiger partial charge in [0.2, 0.25) is 5.91 Å². The van der Waals surface area contributed by atoms with E-state index in [1.807, 2.05) is 6.92 Å². The second-order valence-corrected chi connectivity index (χ2v) is 4.53. The largest absolute Gasteiger partial charge is 0.389 e. The lowest BCUT2D eigenvalue weighted by Crippen LogP contribution is -2.50. The van der Waals surface area contributed by atoms with Crippen LogP contribution in [0.15, 0.2) is 0 Å². The van der Waals surface area contributed by atoms with Gasteiger partial charge in [0.05, 0.1) is 18.8 Å². The second kappa shape index (κ2) is 5.28. The van der Waals surface area contributed by atoms with Crippen molar-refractivity contribution in [2.45, 2.75) is 25.9 Å². The summed E-state index contributed by atoms with van der Waals surface area (Å²) in [6.07, 6.45) is 0.494. The Morgan fingerprint density at radius 3 is 2.81 bits per heavy atom. The Hall–Kier alpha value is -1.12. The van der Waals surface area contributed by atoms with Crippen molar-refractivity contribution in [2.75, 3.05) is 20.3 Å². The van der Waals surface area contributed by atoms with Gasteiger partial charge in [0.25, 0.3) is 0 Å². The van der Waals surface area contributed by atoms with Crippen LogP contribution in [0.2, 0.25) is 0 Å². The van der Waals surface area contributed by atoms with Crippen LogP contribution in [-0.2, 0) is 9.53 Å². The SMILES string of the molecule is COCC(O)CNC(=O)C1(C#N)CC(C)C1. The lowest BCUT2D eigenvalue weighted by atomic mass is 9.63. The van der Waals surface area contributed by atoms with E-state index >= 15 is 0 Å². The van der Waals surface area contributed by atoms with Gasteiger partial charge in [0.1, 0.15) is 5.41 Å². The second-order valence-electron chi connectivity index (χ2n) is 4.53. The lowest BCUT2D eigenvalue weighted by Gasteiger charge is -2.39. The van der Waals surface area contributed by atoms with E-state index in [9.17, 15) is 9.90 Å². The number of carbonyl (C=O) groups is 1. The number of hydrogen-bond acceptors (Lipinski definition) is 4. The van der Waals surface area contributed by atoms with Crippen molar-refractivity contribution < 1.29 is 14.6 Å². The predicted molar refractivity (Wildman–Crippen MR) is 57.3 cm³/mol. The summed E-state index contributed by atoms with van der Waals surface area (Å²) in [6.45, 7) is 2.32. The van der Waals surface area contributed by atoms with Gasteiger partial charge in [-0.2, -0.15) is 5.26 Å². The molecule has 5 heteroatoms. The summed E-state index contributed by atoms with van der Waals surface area (Å²) in [5.41, 5.74) is -0.869. The number of methoxy groups -OCH3 is 1. The van der Waals surface area contributed by atoms with Crippen molar-refractivity contribution in [1.29, 1.82) is 5.26 Å². The molecule has 1 rings (SSSR count). The minimum Gasteiger partial charge on any atom is -0.389 e. The highest BCUT2D eigenvalue weighted by Crippen LogP contribution is 2.44. The van der Waals surface area contributed by atoms with E-state index in [-0.39, 0.29) is 19.1 Å². The van der Waals surface area contributed by atoms with Crippen LogP contribution in [0.1, 0.15) is 19.8 Å². The maximum absolute atomic E-state index is 11.7. The Morgan fingerprint density at radius 1 is 1.75 bits per heavy atom. The molecule has 5 nitrogen and oxygen atoms in total. The number of aliphatic hydroxyl groups excluding tert-OH is 1. The first-order valence-corrected chi connectivity index (χ1v) is 5.40. The fraction of sp³-hybridized carbons (Fsp3) is 0.818. The minimum atomic E-state index is -0.869. The fourth-order valence-electron chi connectivity index (χ4n) is 2.09. The molecule has 0 saturated heterocycles. The normalized spacial score (nSPS) is 30.0. The fourth-order valence-corrected chi connectivity index (χ4v) is 2.09. The van der Waals surface area contributed by atoms with Crippen LogP contribution >= 0.6 is 0 Å². The summed E-state index contributed by atoms with van der Waals surface area (Å²) in [5, 5.41) is 20.9. The van der Waals surface area contributed by atoms with Crippen LogP contribution in [0.25, 0.3) is 0 Å². The van der Waals surface area contributed by atoms with Gasteiger partial charge in [0, 0.05) is 13.7 Å². The molecular formula is C11H18N2O3. The quantitative estimate of drug-likeness (QED) is 0.694. The van der Waals surface area contributed by atoms with Crippen LogP contribution in [-0.4, -0.2) is 37.4 Å². The summed E-state index contributed by atoms with van der Waals surface area (Å²) < 4.78 is 4.74. The first kappa shape index (κ1) is 12.9. The monoisotopic (exact) mass is 226 g/mol. The molecule has 0 radical (unpaired) electrons. The van der Waals surface area contributed by atoms with Crippen molar-refractivity contribution in [3.05, 3.63) is 0 Å². The topological polar surface area (TPSA) is 82.3 Å². The van der Waals surface area contributed by atoms with Gasteiger partial charge in [-0.15, -0.1) is 0 Å². The van der Waals surface area contributed by atoms with Gasteiger partial charge < -0.3 is 15.2 Å². The van der Waals surface area contributed by atoms with Crippen LogP contribution in [0.5, 0.6) is 0 Å². The molecule has 90 valence electrons. The summed E-state index contributed by atoms with van der Waals surface area (Å²) in [6, 6.07) is 2.08. The molecule has 0 spiro atoms. The zero-order valence-corrected chi connectivity index (χ0v) is 9.69. The maximum Gasteiger partial charge on any atom is 0.240 e. The van der Waals surface area contributed by atoms with Crippen LogP contribution in [0.4, 0.5) is 0 Å². The molecular weight excluding hydrogens is 208 g/mol. The van der Waals surface area contributed by atoms with Gasteiger partial charge in [-0.25, -0.2) is 0 Å². The van der Waals surface area contributed by atoms with Crippen molar-refractivity contribution in [3.8, 4) is 6.07 Å². The molecule has 1 fully saturated rings. The molecule has 0 heterocycles. The van der Waals surface area contributed by atoms with Gasteiger partial charge in [-0.05, 0) is 18.8 Å².